The van der Waals surface area contributed by atoms with Crippen molar-refractivity contribution in [3.05, 3.63) is 16.0 Å². The highest BCUT2D eigenvalue weighted by molar-refractivity contribution is 7.71. The summed E-state index contributed by atoms with van der Waals surface area (Å²) < 4.78 is 2.51. The lowest BCUT2D eigenvalue weighted by Gasteiger charge is -2.31. The Labute approximate surface area is 127 Å². The van der Waals surface area contributed by atoms with Crippen LogP contribution in [-0.4, -0.2) is 62.8 Å². The van der Waals surface area contributed by atoms with E-state index in [-0.39, 0.29) is 0 Å². The summed E-state index contributed by atoms with van der Waals surface area (Å²) in [7, 11) is 4.09. The number of nitrogens with one attached hydrogen (secondary N) is 1. The van der Waals surface area contributed by atoms with Crippen molar-refractivity contribution in [2.24, 2.45) is 7.05 Å². The van der Waals surface area contributed by atoms with Crippen LogP contribution >= 0.6 is 23.6 Å². The lowest BCUT2D eigenvalue weighted by molar-refractivity contribution is 0.148. The molecule has 2 aromatic rings. The third-order valence-corrected chi connectivity index (χ3v) is 4.95. The summed E-state index contributed by atoms with van der Waals surface area (Å²) in [5.74, 6) is 0.858. The molecule has 8 heteroatoms. The van der Waals surface area contributed by atoms with E-state index in [0.29, 0.717) is 4.77 Å². The van der Waals surface area contributed by atoms with Crippen molar-refractivity contribution < 1.29 is 0 Å². The van der Waals surface area contributed by atoms with E-state index in [2.05, 4.69) is 32.0 Å². The number of aromatic amines is 1. The molecule has 0 amide bonds. The lowest BCUT2D eigenvalue weighted by atomic mass is 10.3. The van der Waals surface area contributed by atoms with Crippen LogP contribution in [0.5, 0.6) is 0 Å². The smallest absolute Gasteiger partial charge is 0.195 e. The van der Waals surface area contributed by atoms with Gasteiger partial charge in [0, 0.05) is 39.4 Å². The van der Waals surface area contributed by atoms with Gasteiger partial charge in [0.1, 0.15) is 5.01 Å². The van der Waals surface area contributed by atoms with Gasteiger partial charge in [-0.2, -0.15) is 5.10 Å². The fourth-order valence-corrected chi connectivity index (χ4v) is 3.37. The Kier molecular flexibility index (Phi) is 3.97. The summed E-state index contributed by atoms with van der Waals surface area (Å²) in [5.41, 5.74) is 0. The number of aromatic nitrogens is 4. The first-order valence-corrected chi connectivity index (χ1v) is 7.83. The summed E-state index contributed by atoms with van der Waals surface area (Å²) in [6.07, 6.45) is 1.89. The summed E-state index contributed by atoms with van der Waals surface area (Å²) in [6, 6.07) is 0. The fraction of sp³-hybridized carbons (Fsp3) is 0.583. The minimum Gasteiger partial charge on any atom is -0.304 e. The highest BCUT2D eigenvalue weighted by Crippen LogP contribution is 2.25. The van der Waals surface area contributed by atoms with Gasteiger partial charge in [0.15, 0.2) is 10.6 Å². The number of nitrogens with zero attached hydrogens (tertiary/aromatic N) is 5. The molecule has 1 aliphatic heterocycles. The number of rotatable bonds is 3. The van der Waals surface area contributed by atoms with Crippen LogP contribution in [0.2, 0.25) is 0 Å². The molecule has 0 spiro atoms. The van der Waals surface area contributed by atoms with Crippen LogP contribution in [0, 0.1) is 4.77 Å². The van der Waals surface area contributed by atoms with Gasteiger partial charge < -0.3 is 9.47 Å². The quantitative estimate of drug-likeness (QED) is 0.867. The number of piperazine rings is 1. The average Bonchev–Trinajstić information content (AvgIpc) is 3.01. The van der Waals surface area contributed by atoms with Crippen LogP contribution in [0.4, 0.5) is 0 Å². The number of H-pyrrole nitrogens is 1. The second kappa shape index (κ2) is 5.72. The number of hydrogen-bond donors (Lipinski definition) is 1. The predicted molar refractivity (Wildman–Crippen MR) is 82.3 cm³/mol. The molecule has 0 atom stereocenters. The Morgan fingerprint density at radius 1 is 1.30 bits per heavy atom. The summed E-state index contributed by atoms with van der Waals surface area (Å²) >= 11 is 6.83. The van der Waals surface area contributed by atoms with Crippen molar-refractivity contribution in [3.63, 3.8) is 0 Å². The van der Waals surface area contributed by atoms with Crippen LogP contribution in [-0.2, 0) is 13.6 Å². The van der Waals surface area contributed by atoms with Crippen LogP contribution in [0.15, 0.2) is 6.20 Å². The molecule has 1 N–H and O–H groups in total. The summed E-state index contributed by atoms with van der Waals surface area (Å²) in [6.45, 7) is 5.40. The highest BCUT2D eigenvalue weighted by Gasteiger charge is 2.16. The lowest BCUT2D eigenvalue weighted by Crippen LogP contribution is -2.43. The maximum Gasteiger partial charge on any atom is 0.195 e. The third kappa shape index (κ3) is 2.83. The Morgan fingerprint density at radius 2 is 2.05 bits per heavy atom. The fourth-order valence-electron chi connectivity index (χ4n) is 2.25. The molecule has 1 fully saturated rings. The average molecular weight is 310 g/mol. The number of likely N-dealkylation sites (N-methyl/N-ethyl adjacent to an activating group) is 1. The highest BCUT2D eigenvalue weighted by atomic mass is 32.1. The third-order valence-electron chi connectivity index (χ3n) is 3.61. The van der Waals surface area contributed by atoms with Gasteiger partial charge in [-0.25, -0.2) is 4.98 Å². The van der Waals surface area contributed by atoms with Crippen LogP contribution in [0.3, 0.4) is 0 Å². The molecule has 0 aromatic carbocycles. The van der Waals surface area contributed by atoms with Crippen molar-refractivity contribution in [1.82, 2.24) is 29.5 Å². The van der Waals surface area contributed by atoms with E-state index in [0.717, 1.165) is 48.4 Å². The minimum absolute atomic E-state index is 0.633. The first-order chi connectivity index (χ1) is 9.63. The largest absolute Gasteiger partial charge is 0.304 e. The van der Waals surface area contributed by atoms with Crippen molar-refractivity contribution in [2.75, 3.05) is 33.2 Å². The summed E-state index contributed by atoms with van der Waals surface area (Å²) in [4.78, 5) is 10.4. The van der Waals surface area contributed by atoms with Gasteiger partial charge >= 0.3 is 0 Å². The van der Waals surface area contributed by atoms with E-state index in [1.807, 2.05) is 17.8 Å². The molecular formula is C12H18N6S2. The predicted octanol–water partition coefficient (Wildman–Crippen LogP) is 1.35. The normalized spacial score (nSPS) is 17.7. The van der Waals surface area contributed by atoms with Crippen LogP contribution in [0.1, 0.15) is 5.01 Å². The zero-order valence-corrected chi connectivity index (χ0v) is 13.3. The monoisotopic (exact) mass is 310 g/mol. The maximum absolute atomic E-state index is 5.14. The van der Waals surface area contributed by atoms with Gasteiger partial charge in [0.25, 0.3) is 0 Å². The van der Waals surface area contributed by atoms with E-state index in [9.17, 15) is 0 Å². The first kappa shape index (κ1) is 13.9. The molecule has 1 aliphatic rings. The Morgan fingerprint density at radius 3 is 2.70 bits per heavy atom. The van der Waals surface area contributed by atoms with Gasteiger partial charge in [-0.3, -0.25) is 10.00 Å². The molecule has 3 rings (SSSR count). The topological polar surface area (TPSA) is 53.0 Å². The molecule has 0 aliphatic carbocycles. The second-order valence-electron chi connectivity index (χ2n) is 5.11. The standard InChI is InChI=1S/C12H18N6S2/c1-16-3-5-18(6-4-16)8-10-13-7-9(20-10)11-14-15-12(19)17(11)2/h7H,3-6,8H2,1-2H3,(H,15,19). The summed E-state index contributed by atoms with van der Waals surface area (Å²) in [5, 5.41) is 8.20. The molecule has 108 valence electrons. The van der Waals surface area contributed by atoms with Crippen LogP contribution in [0.25, 0.3) is 10.7 Å². The van der Waals surface area contributed by atoms with Crippen molar-refractivity contribution in [3.8, 4) is 10.7 Å². The number of thiazole rings is 1. The Bertz CT molecular complexity index is 634. The molecule has 0 radical (unpaired) electrons. The van der Waals surface area contributed by atoms with Gasteiger partial charge in [-0.15, -0.1) is 11.3 Å². The molecule has 3 heterocycles. The van der Waals surface area contributed by atoms with E-state index >= 15 is 0 Å². The molecule has 1 saturated heterocycles. The van der Waals surface area contributed by atoms with E-state index < -0.39 is 0 Å². The van der Waals surface area contributed by atoms with Gasteiger partial charge in [0.05, 0.1) is 11.4 Å². The molecule has 0 bridgehead atoms. The Hall–Kier alpha value is -1.09. The van der Waals surface area contributed by atoms with Gasteiger partial charge in [0.2, 0.25) is 0 Å². The van der Waals surface area contributed by atoms with E-state index in [1.165, 1.54) is 0 Å². The minimum atomic E-state index is 0.633. The van der Waals surface area contributed by atoms with Crippen molar-refractivity contribution in [2.45, 2.75) is 6.54 Å². The number of hydrogen-bond acceptors (Lipinski definition) is 6. The molecule has 0 saturated carbocycles. The van der Waals surface area contributed by atoms with Gasteiger partial charge in [-0.05, 0) is 19.3 Å². The molecular weight excluding hydrogens is 292 g/mol. The molecule has 0 unspecified atom stereocenters. The van der Waals surface area contributed by atoms with E-state index in [4.69, 9.17) is 12.2 Å². The van der Waals surface area contributed by atoms with E-state index in [1.54, 1.807) is 11.3 Å². The second-order valence-corrected chi connectivity index (χ2v) is 6.61. The molecule has 6 nitrogen and oxygen atoms in total. The maximum atomic E-state index is 5.14. The Balaban J connectivity index is 1.71. The zero-order chi connectivity index (χ0) is 14.1. The molecule has 2 aromatic heterocycles. The SMILES string of the molecule is CN1CCN(Cc2ncc(-c3n[nH]c(=S)n3C)s2)CC1. The molecule has 20 heavy (non-hydrogen) atoms. The van der Waals surface area contributed by atoms with Crippen molar-refractivity contribution in [1.29, 1.82) is 0 Å². The van der Waals surface area contributed by atoms with Crippen molar-refractivity contribution >= 4 is 23.6 Å². The first-order valence-electron chi connectivity index (χ1n) is 6.61. The van der Waals surface area contributed by atoms with Gasteiger partial charge in [-0.1, -0.05) is 0 Å². The zero-order valence-electron chi connectivity index (χ0n) is 11.7. The van der Waals surface area contributed by atoms with Crippen LogP contribution < -0.4 is 0 Å².